The van der Waals surface area contributed by atoms with Gasteiger partial charge < -0.3 is 5.32 Å². The maximum Gasteiger partial charge on any atom is 0.256 e. The Balaban J connectivity index is 3.06. The summed E-state index contributed by atoms with van der Waals surface area (Å²) in [7, 11) is 1.80. The fourth-order valence-corrected chi connectivity index (χ4v) is 1.99. The molecule has 1 aromatic rings. The highest BCUT2D eigenvalue weighted by Crippen LogP contribution is 2.17. The number of hydrogen-bond donors (Lipinski definition) is 1. The summed E-state index contributed by atoms with van der Waals surface area (Å²) in [5.74, 6) is -0.219. The average molecular weight is 248 g/mol. The van der Waals surface area contributed by atoms with Crippen molar-refractivity contribution in [1.82, 2.24) is 15.1 Å². The van der Waals surface area contributed by atoms with Gasteiger partial charge in [0.05, 0.1) is 17.3 Å². The van der Waals surface area contributed by atoms with Gasteiger partial charge in [0.15, 0.2) is 0 Å². The highest BCUT2D eigenvalue weighted by atomic mass is 16.1. The Morgan fingerprint density at radius 3 is 2.33 bits per heavy atom. The van der Waals surface area contributed by atoms with Crippen LogP contribution in [0.4, 0.5) is 0 Å². The van der Waals surface area contributed by atoms with E-state index in [1.165, 1.54) is 0 Å². The van der Waals surface area contributed by atoms with Crippen LogP contribution < -0.4 is 5.32 Å². The SMILES string of the molecule is CCC(C#N)(CC)NC(=O)c1c(C)nn(C)c1C. The largest absolute Gasteiger partial charge is 0.334 e. The summed E-state index contributed by atoms with van der Waals surface area (Å²) < 4.78 is 1.68. The fraction of sp³-hybridized carbons (Fsp3) is 0.615. The molecule has 0 radical (unpaired) electrons. The van der Waals surface area contributed by atoms with Gasteiger partial charge >= 0.3 is 0 Å². The number of carbonyl (C=O) groups excluding carboxylic acids is 1. The van der Waals surface area contributed by atoms with Gasteiger partial charge in [-0.1, -0.05) is 13.8 Å². The molecule has 1 heterocycles. The van der Waals surface area contributed by atoms with Gasteiger partial charge in [-0.05, 0) is 26.7 Å². The third-order valence-electron chi connectivity index (χ3n) is 3.51. The molecule has 0 aliphatic rings. The highest BCUT2D eigenvalue weighted by Gasteiger charge is 2.30. The Morgan fingerprint density at radius 1 is 1.44 bits per heavy atom. The van der Waals surface area contributed by atoms with Crippen molar-refractivity contribution in [1.29, 1.82) is 5.26 Å². The Bertz CT molecular complexity index is 492. The van der Waals surface area contributed by atoms with E-state index in [1.807, 2.05) is 20.8 Å². The van der Waals surface area contributed by atoms with E-state index in [1.54, 1.807) is 18.7 Å². The van der Waals surface area contributed by atoms with E-state index in [-0.39, 0.29) is 5.91 Å². The molecule has 98 valence electrons. The molecular weight excluding hydrogens is 228 g/mol. The van der Waals surface area contributed by atoms with E-state index in [2.05, 4.69) is 16.5 Å². The molecule has 0 unspecified atom stereocenters. The van der Waals surface area contributed by atoms with E-state index < -0.39 is 5.54 Å². The van der Waals surface area contributed by atoms with Crippen molar-refractivity contribution in [2.75, 3.05) is 0 Å². The van der Waals surface area contributed by atoms with Gasteiger partial charge in [-0.2, -0.15) is 10.4 Å². The summed E-state index contributed by atoms with van der Waals surface area (Å²) in [6.07, 6.45) is 1.17. The zero-order valence-corrected chi connectivity index (χ0v) is 11.7. The Morgan fingerprint density at radius 2 is 2.00 bits per heavy atom. The number of nitrogens with zero attached hydrogens (tertiary/aromatic N) is 3. The molecule has 1 aromatic heterocycles. The van der Waals surface area contributed by atoms with Crippen LogP contribution in [0.2, 0.25) is 0 Å². The molecule has 0 saturated heterocycles. The maximum atomic E-state index is 12.3. The maximum absolute atomic E-state index is 12.3. The second kappa shape index (κ2) is 5.21. The van der Waals surface area contributed by atoms with Crippen LogP contribution in [0.3, 0.4) is 0 Å². The van der Waals surface area contributed by atoms with Crippen molar-refractivity contribution in [2.45, 2.75) is 46.1 Å². The first-order valence-corrected chi connectivity index (χ1v) is 6.14. The number of nitrogens with one attached hydrogen (secondary N) is 1. The second-order valence-corrected chi connectivity index (χ2v) is 4.52. The van der Waals surface area contributed by atoms with Crippen molar-refractivity contribution in [3.05, 3.63) is 17.0 Å². The molecule has 5 heteroatoms. The van der Waals surface area contributed by atoms with E-state index in [9.17, 15) is 10.1 Å². The van der Waals surface area contributed by atoms with Crippen LogP contribution in [-0.4, -0.2) is 21.2 Å². The molecule has 0 aromatic carbocycles. The van der Waals surface area contributed by atoms with E-state index >= 15 is 0 Å². The molecule has 0 spiro atoms. The first-order valence-electron chi connectivity index (χ1n) is 6.14. The van der Waals surface area contributed by atoms with Crippen molar-refractivity contribution in [3.8, 4) is 6.07 Å². The van der Waals surface area contributed by atoms with Gasteiger partial charge in [0, 0.05) is 12.7 Å². The number of amides is 1. The third kappa shape index (κ3) is 2.37. The smallest absolute Gasteiger partial charge is 0.256 e. The number of aromatic nitrogens is 2. The van der Waals surface area contributed by atoms with E-state index in [0.717, 1.165) is 5.69 Å². The Hall–Kier alpha value is -1.83. The van der Waals surface area contributed by atoms with Gasteiger partial charge in [0.25, 0.3) is 5.91 Å². The lowest BCUT2D eigenvalue weighted by Crippen LogP contribution is -2.46. The van der Waals surface area contributed by atoms with Crippen LogP contribution in [0.15, 0.2) is 0 Å². The highest BCUT2D eigenvalue weighted by molar-refractivity contribution is 5.97. The molecule has 0 fully saturated rings. The molecule has 1 N–H and O–H groups in total. The van der Waals surface area contributed by atoms with E-state index in [0.29, 0.717) is 24.1 Å². The molecule has 1 rings (SSSR count). The lowest BCUT2D eigenvalue weighted by atomic mass is 9.94. The minimum absolute atomic E-state index is 0.219. The summed E-state index contributed by atoms with van der Waals surface area (Å²) in [6, 6.07) is 2.20. The zero-order chi connectivity index (χ0) is 13.9. The monoisotopic (exact) mass is 248 g/mol. The molecule has 0 bridgehead atoms. The first-order chi connectivity index (χ1) is 8.40. The summed E-state index contributed by atoms with van der Waals surface area (Å²) in [4.78, 5) is 12.3. The first kappa shape index (κ1) is 14.2. The minimum Gasteiger partial charge on any atom is -0.334 e. The Labute approximate surface area is 108 Å². The predicted octanol–water partition coefficient (Wildman–Crippen LogP) is 1.85. The van der Waals surface area contributed by atoms with Crippen LogP contribution >= 0.6 is 0 Å². The van der Waals surface area contributed by atoms with Crippen molar-refractivity contribution < 1.29 is 4.79 Å². The van der Waals surface area contributed by atoms with Crippen LogP contribution in [0, 0.1) is 25.2 Å². The predicted molar refractivity (Wildman–Crippen MR) is 69.1 cm³/mol. The summed E-state index contributed by atoms with van der Waals surface area (Å²) in [5, 5.41) is 16.3. The number of carbonyl (C=O) groups is 1. The fourth-order valence-electron chi connectivity index (χ4n) is 1.99. The number of rotatable bonds is 4. The molecule has 1 amide bonds. The molecule has 0 atom stereocenters. The molecule has 0 aliphatic carbocycles. The number of aryl methyl sites for hydroxylation is 2. The zero-order valence-electron chi connectivity index (χ0n) is 11.7. The van der Waals surface area contributed by atoms with Crippen molar-refractivity contribution >= 4 is 5.91 Å². The standard InChI is InChI=1S/C13H20N4O/c1-6-13(7-2,8-14)15-12(18)11-9(3)16-17(5)10(11)4/h6-7H2,1-5H3,(H,15,18). The van der Waals surface area contributed by atoms with Crippen LogP contribution in [0.1, 0.15) is 48.4 Å². The van der Waals surface area contributed by atoms with Gasteiger partial charge in [-0.25, -0.2) is 0 Å². The van der Waals surface area contributed by atoms with Gasteiger partial charge in [-0.15, -0.1) is 0 Å². The van der Waals surface area contributed by atoms with Gasteiger partial charge in [0.1, 0.15) is 5.54 Å². The van der Waals surface area contributed by atoms with E-state index in [4.69, 9.17) is 0 Å². The van der Waals surface area contributed by atoms with Crippen LogP contribution in [0.5, 0.6) is 0 Å². The normalized spacial score (nSPS) is 11.1. The van der Waals surface area contributed by atoms with Crippen LogP contribution in [0.25, 0.3) is 0 Å². The molecule has 0 saturated carbocycles. The topological polar surface area (TPSA) is 70.7 Å². The number of hydrogen-bond acceptors (Lipinski definition) is 3. The van der Waals surface area contributed by atoms with Crippen LogP contribution in [-0.2, 0) is 7.05 Å². The summed E-state index contributed by atoms with van der Waals surface area (Å²) in [6.45, 7) is 7.45. The van der Waals surface area contributed by atoms with Gasteiger partial charge in [-0.3, -0.25) is 9.48 Å². The second-order valence-electron chi connectivity index (χ2n) is 4.52. The molecule has 0 aliphatic heterocycles. The Kier molecular flexibility index (Phi) is 4.12. The summed E-state index contributed by atoms with van der Waals surface area (Å²) >= 11 is 0. The molecule has 18 heavy (non-hydrogen) atoms. The average Bonchev–Trinajstić information content (AvgIpc) is 2.60. The lowest BCUT2D eigenvalue weighted by Gasteiger charge is -2.24. The van der Waals surface area contributed by atoms with Crippen molar-refractivity contribution in [3.63, 3.8) is 0 Å². The molecule has 5 nitrogen and oxygen atoms in total. The third-order valence-corrected chi connectivity index (χ3v) is 3.51. The van der Waals surface area contributed by atoms with Crippen molar-refractivity contribution in [2.24, 2.45) is 7.05 Å². The summed E-state index contributed by atoms with van der Waals surface area (Å²) in [5.41, 5.74) is 1.28. The number of nitriles is 1. The lowest BCUT2D eigenvalue weighted by molar-refractivity contribution is 0.0914. The molecular formula is C13H20N4O. The van der Waals surface area contributed by atoms with Gasteiger partial charge in [0.2, 0.25) is 0 Å². The quantitative estimate of drug-likeness (QED) is 0.884. The minimum atomic E-state index is -0.786.